The molecule has 3 aromatic rings. The van der Waals surface area contributed by atoms with Gasteiger partial charge in [0.25, 0.3) is 5.91 Å². The van der Waals surface area contributed by atoms with E-state index in [9.17, 15) is 4.79 Å². The van der Waals surface area contributed by atoms with Crippen LogP contribution in [-0.2, 0) is 11.4 Å². The minimum atomic E-state index is -0.259. The summed E-state index contributed by atoms with van der Waals surface area (Å²) in [6, 6.07) is 22.6. The van der Waals surface area contributed by atoms with Crippen LogP contribution in [0, 0.1) is 6.92 Å². The van der Waals surface area contributed by atoms with Gasteiger partial charge in [-0.1, -0.05) is 48.0 Å². The number of aryl methyl sites for hydroxylation is 1. The number of ether oxygens (including phenoxy) is 2. The van der Waals surface area contributed by atoms with E-state index in [4.69, 9.17) is 21.1 Å². The molecule has 5 heteroatoms. The molecule has 4 nitrogen and oxygen atoms in total. The number of rotatable bonds is 7. The molecule has 3 aromatic carbocycles. The van der Waals surface area contributed by atoms with E-state index in [0.717, 1.165) is 16.9 Å². The summed E-state index contributed by atoms with van der Waals surface area (Å²) in [6.07, 6.45) is 0. The third kappa shape index (κ3) is 5.76. The Hall–Kier alpha value is -2.98. The molecule has 0 heterocycles. The molecule has 3 rings (SSSR count). The predicted molar refractivity (Wildman–Crippen MR) is 108 cm³/mol. The first-order valence-electron chi connectivity index (χ1n) is 8.56. The Morgan fingerprint density at radius 3 is 2.44 bits per heavy atom. The monoisotopic (exact) mass is 381 g/mol. The van der Waals surface area contributed by atoms with Gasteiger partial charge in [0.1, 0.15) is 18.1 Å². The van der Waals surface area contributed by atoms with Gasteiger partial charge in [0.2, 0.25) is 0 Å². The van der Waals surface area contributed by atoms with Gasteiger partial charge >= 0.3 is 0 Å². The zero-order valence-electron chi connectivity index (χ0n) is 14.9. The normalized spacial score (nSPS) is 10.3. The highest BCUT2D eigenvalue weighted by Crippen LogP contribution is 2.25. The maximum Gasteiger partial charge on any atom is 0.262 e. The lowest BCUT2D eigenvalue weighted by atomic mass is 10.2. The number of carbonyl (C=O) groups is 1. The van der Waals surface area contributed by atoms with Crippen LogP contribution in [0.2, 0.25) is 5.02 Å². The fourth-order valence-electron chi connectivity index (χ4n) is 2.44. The lowest BCUT2D eigenvalue weighted by molar-refractivity contribution is -0.118. The van der Waals surface area contributed by atoms with Gasteiger partial charge in [0.05, 0.1) is 5.02 Å². The van der Waals surface area contributed by atoms with Gasteiger partial charge in [-0.25, -0.2) is 0 Å². The largest absolute Gasteiger partial charge is 0.489 e. The number of amides is 1. The molecule has 1 amide bonds. The molecule has 0 fully saturated rings. The quantitative estimate of drug-likeness (QED) is 0.608. The van der Waals surface area contributed by atoms with Crippen molar-refractivity contribution in [1.82, 2.24) is 0 Å². The van der Waals surface area contributed by atoms with E-state index in [2.05, 4.69) is 5.32 Å². The van der Waals surface area contributed by atoms with E-state index in [-0.39, 0.29) is 12.5 Å². The summed E-state index contributed by atoms with van der Waals surface area (Å²) in [5, 5.41) is 3.26. The van der Waals surface area contributed by atoms with Crippen molar-refractivity contribution in [3.8, 4) is 11.5 Å². The van der Waals surface area contributed by atoms with Crippen LogP contribution in [0.5, 0.6) is 11.5 Å². The molecular weight excluding hydrogens is 362 g/mol. The minimum Gasteiger partial charge on any atom is -0.489 e. The minimum absolute atomic E-state index is 0.116. The van der Waals surface area contributed by atoms with Crippen LogP contribution in [0.4, 0.5) is 5.69 Å². The summed E-state index contributed by atoms with van der Waals surface area (Å²) in [6.45, 7) is 2.32. The molecule has 27 heavy (non-hydrogen) atoms. The second kappa shape index (κ2) is 9.10. The van der Waals surface area contributed by atoms with Gasteiger partial charge < -0.3 is 14.8 Å². The standard InChI is InChI=1S/C22H20ClNO3/c1-16-7-12-20(23)21(13-16)27-15-22(25)24-18-8-10-19(11-9-18)26-14-17-5-3-2-4-6-17/h2-13H,14-15H2,1H3,(H,24,25). The number of anilines is 1. The maximum absolute atomic E-state index is 12.1. The van der Waals surface area contributed by atoms with Crippen LogP contribution in [0.15, 0.2) is 72.8 Å². The number of carbonyl (C=O) groups excluding carboxylic acids is 1. The first-order chi connectivity index (χ1) is 13.1. The Morgan fingerprint density at radius 1 is 0.963 bits per heavy atom. The second-order valence-electron chi connectivity index (χ2n) is 6.07. The van der Waals surface area contributed by atoms with Crippen LogP contribution >= 0.6 is 11.6 Å². The number of halogens is 1. The molecule has 0 bridgehead atoms. The highest BCUT2D eigenvalue weighted by molar-refractivity contribution is 6.32. The summed E-state index contributed by atoms with van der Waals surface area (Å²) in [5.74, 6) is 0.974. The zero-order valence-corrected chi connectivity index (χ0v) is 15.7. The molecule has 0 atom stereocenters. The fraction of sp³-hybridized carbons (Fsp3) is 0.136. The van der Waals surface area contributed by atoms with E-state index in [1.165, 1.54) is 0 Å². The molecule has 0 aliphatic heterocycles. The summed E-state index contributed by atoms with van der Waals surface area (Å²) in [4.78, 5) is 12.1. The topological polar surface area (TPSA) is 47.6 Å². The summed E-state index contributed by atoms with van der Waals surface area (Å²) in [5.41, 5.74) is 2.79. The van der Waals surface area contributed by atoms with Crippen molar-refractivity contribution >= 4 is 23.2 Å². The van der Waals surface area contributed by atoms with Crippen LogP contribution < -0.4 is 14.8 Å². The van der Waals surface area contributed by atoms with Gasteiger partial charge in [-0.15, -0.1) is 0 Å². The van der Waals surface area contributed by atoms with E-state index in [1.807, 2.05) is 55.5 Å². The Morgan fingerprint density at radius 2 is 1.70 bits per heavy atom. The van der Waals surface area contributed by atoms with E-state index < -0.39 is 0 Å². The van der Waals surface area contributed by atoms with Gasteiger partial charge in [-0.3, -0.25) is 4.79 Å². The molecule has 1 N–H and O–H groups in total. The van der Waals surface area contributed by atoms with E-state index >= 15 is 0 Å². The molecule has 0 aliphatic carbocycles. The van der Waals surface area contributed by atoms with Gasteiger partial charge in [-0.05, 0) is 54.4 Å². The highest BCUT2D eigenvalue weighted by atomic mass is 35.5. The van der Waals surface area contributed by atoms with Crippen molar-refractivity contribution in [3.05, 3.63) is 88.9 Å². The first-order valence-corrected chi connectivity index (χ1v) is 8.93. The van der Waals surface area contributed by atoms with Crippen LogP contribution in [0.25, 0.3) is 0 Å². The number of hydrogen-bond acceptors (Lipinski definition) is 3. The Bertz CT molecular complexity index is 895. The van der Waals surface area contributed by atoms with Gasteiger partial charge in [0, 0.05) is 5.69 Å². The predicted octanol–water partition coefficient (Wildman–Crippen LogP) is 5.24. The Kier molecular flexibility index (Phi) is 6.34. The van der Waals surface area contributed by atoms with Crippen molar-refractivity contribution in [1.29, 1.82) is 0 Å². The smallest absolute Gasteiger partial charge is 0.262 e. The van der Waals surface area contributed by atoms with Crippen molar-refractivity contribution in [2.45, 2.75) is 13.5 Å². The highest BCUT2D eigenvalue weighted by Gasteiger charge is 2.07. The van der Waals surface area contributed by atoms with Crippen molar-refractivity contribution in [2.75, 3.05) is 11.9 Å². The third-order valence-electron chi connectivity index (χ3n) is 3.83. The molecule has 0 spiro atoms. The molecule has 0 unspecified atom stereocenters. The average molecular weight is 382 g/mol. The summed E-state index contributed by atoms with van der Waals surface area (Å²) >= 11 is 6.06. The Labute approximate surface area is 163 Å². The second-order valence-corrected chi connectivity index (χ2v) is 6.48. The third-order valence-corrected chi connectivity index (χ3v) is 4.14. The molecular formula is C22H20ClNO3. The molecule has 0 aromatic heterocycles. The lowest BCUT2D eigenvalue weighted by Crippen LogP contribution is -2.20. The van der Waals surface area contributed by atoms with Crippen LogP contribution in [-0.4, -0.2) is 12.5 Å². The molecule has 0 saturated carbocycles. The molecule has 0 radical (unpaired) electrons. The van der Waals surface area contributed by atoms with Gasteiger partial charge in [0.15, 0.2) is 6.61 Å². The summed E-state index contributed by atoms with van der Waals surface area (Å²) in [7, 11) is 0. The number of benzene rings is 3. The molecule has 0 saturated heterocycles. The fourth-order valence-corrected chi connectivity index (χ4v) is 2.61. The summed E-state index contributed by atoms with van der Waals surface area (Å²) < 4.78 is 11.2. The van der Waals surface area contributed by atoms with E-state index in [0.29, 0.717) is 23.1 Å². The van der Waals surface area contributed by atoms with Gasteiger partial charge in [-0.2, -0.15) is 0 Å². The SMILES string of the molecule is Cc1ccc(Cl)c(OCC(=O)Nc2ccc(OCc3ccccc3)cc2)c1. The van der Waals surface area contributed by atoms with Crippen LogP contribution in [0.3, 0.4) is 0 Å². The van der Waals surface area contributed by atoms with Crippen molar-refractivity contribution < 1.29 is 14.3 Å². The molecule has 0 aliphatic rings. The van der Waals surface area contributed by atoms with Crippen molar-refractivity contribution in [3.63, 3.8) is 0 Å². The number of nitrogens with one attached hydrogen (secondary N) is 1. The lowest BCUT2D eigenvalue weighted by Gasteiger charge is -2.10. The number of hydrogen-bond donors (Lipinski definition) is 1. The van der Waals surface area contributed by atoms with Crippen molar-refractivity contribution in [2.24, 2.45) is 0 Å². The molecule has 138 valence electrons. The average Bonchev–Trinajstić information content (AvgIpc) is 2.69. The van der Waals surface area contributed by atoms with Crippen LogP contribution in [0.1, 0.15) is 11.1 Å². The van der Waals surface area contributed by atoms with E-state index in [1.54, 1.807) is 24.3 Å². The maximum atomic E-state index is 12.1. The Balaban J connectivity index is 1.48. The first kappa shape index (κ1) is 18.8. The zero-order chi connectivity index (χ0) is 19.1.